The third-order valence-electron chi connectivity index (χ3n) is 10.3. The molecule has 2 fully saturated rings. The number of fused-ring (bicyclic) bond motifs is 4. The number of nitrogens with one attached hydrogen (secondary N) is 1. The van der Waals surface area contributed by atoms with Gasteiger partial charge in [-0.2, -0.15) is 5.48 Å². The van der Waals surface area contributed by atoms with Crippen molar-refractivity contribution in [1.82, 2.24) is 5.48 Å². The van der Waals surface area contributed by atoms with Gasteiger partial charge in [-0.25, -0.2) is 0 Å². The highest BCUT2D eigenvalue weighted by Gasteiger charge is 2.54. The molecule has 3 N–H and O–H groups in total. The van der Waals surface area contributed by atoms with Crippen LogP contribution in [0.2, 0.25) is 0 Å². The number of ketones is 1. The number of hydrogen-bond acceptors (Lipinski definition) is 5. The van der Waals surface area contributed by atoms with Gasteiger partial charge in [0.25, 0.3) is 0 Å². The lowest BCUT2D eigenvalue weighted by molar-refractivity contribution is -0.115. The number of allylic oxidation sites excluding steroid dienone is 4. The largest absolute Gasteiger partial charge is 0.396 e. The first-order valence-corrected chi connectivity index (χ1v) is 14.5. The van der Waals surface area contributed by atoms with Gasteiger partial charge in [-0.05, 0) is 106 Å². The average Bonchev–Trinajstić information content (AvgIpc) is 3.30. The third-order valence-corrected chi connectivity index (χ3v) is 10.3. The molecule has 194 valence electrons. The van der Waals surface area contributed by atoms with Crippen molar-refractivity contribution >= 4 is 11.5 Å². The summed E-state index contributed by atoms with van der Waals surface area (Å²) in [6.45, 7) is 2.48. The second-order valence-electron chi connectivity index (χ2n) is 12.0. The lowest BCUT2D eigenvalue weighted by Crippen LogP contribution is -2.50. The van der Waals surface area contributed by atoms with Gasteiger partial charge in [0.05, 0.1) is 0 Å². The molecular formula is C31H42N2O3. The lowest BCUT2D eigenvalue weighted by Gasteiger charge is -2.48. The summed E-state index contributed by atoms with van der Waals surface area (Å²) in [5.41, 5.74) is 9.83. The molecule has 5 atom stereocenters. The molecule has 1 heterocycles. The maximum atomic E-state index is 12.3. The number of carbonyl (C=O) groups is 1. The highest BCUT2D eigenvalue weighted by Crippen LogP contribution is 2.60. The molecule has 0 bridgehead atoms. The fourth-order valence-electron chi connectivity index (χ4n) is 8.62. The van der Waals surface area contributed by atoms with Crippen LogP contribution in [0.4, 0.5) is 5.69 Å². The van der Waals surface area contributed by atoms with Crippen LogP contribution in [0.3, 0.4) is 0 Å². The van der Waals surface area contributed by atoms with Gasteiger partial charge in [0.2, 0.25) is 0 Å². The minimum Gasteiger partial charge on any atom is -0.396 e. The Morgan fingerprint density at radius 3 is 2.56 bits per heavy atom. The van der Waals surface area contributed by atoms with Crippen LogP contribution in [-0.2, 0) is 4.79 Å². The van der Waals surface area contributed by atoms with Crippen molar-refractivity contribution in [1.29, 1.82) is 0 Å². The van der Waals surface area contributed by atoms with Crippen LogP contribution in [-0.4, -0.2) is 41.3 Å². The molecule has 5 nitrogen and oxygen atoms in total. The van der Waals surface area contributed by atoms with Crippen molar-refractivity contribution in [2.45, 2.75) is 88.5 Å². The third kappa shape index (κ3) is 4.17. The summed E-state index contributed by atoms with van der Waals surface area (Å²) in [5, 5.41) is 20.0. The van der Waals surface area contributed by atoms with Crippen molar-refractivity contribution in [3.8, 4) is 0 Å². The fourth-order valence-corrected chi connectivity index (χ4v) is 8.62. The summed E-state index contributed by atoms with van der Waals surface area (Å²) >= 11 is 0. The minimum atomic E-state index is -0.309. The van der Waals surface area contributed by atoms with E-state index in [0.29, 0.717) is 35.9 Å². The molecule has 3 unspecified atom stereocenters. The molecular weight excluding hydrogens is 448 g/mol. The number of anilines is 1. The molecule has 6 rings (SSSR count). The number of hydrogen-bond donors (Lipinski definition) is 3. The van der Waals surface area contributed by atoms with Crippen LogP contribution in [0.15, 0.2) is 47.1 Å². The zero-order valence-electron chi connectivity index (χ0n) is 21.6. The lowest BCUT2D eigenvalue weighted by atomic mass is 9.58. The van der Waals surface area contributed by atoms with Gasteiger partial charge in [0.1, 0.15) is 0 Å². The van der Waals surface area contributed by atoms with Crippen molar-refractivity contribution < 1.29 is 15.1 Å². The first-order chi connectivity index (χ1) is 17.6. The molecule has 0 aromatic heterocycles. The number of hydroxylamine groups is 1. The predicted molar refractivity (Wildman–Crippen MR) is 142 cm³/mol. The van der Waals surface area contributed by atoms with Crippen LogP contribution in [0.1, 0.15) is 88.5 Å². The molecule has 1 aromatic carbocycles. The van der Waals surface area contributed by atoms with E-state index in [1.807, 2.05) is 6.08 Å². The molecule has 5 aliphatic rings. The summed E-state index contributed by atoms with van der Waals surface area (Å²) in [7, 11) is 0. The first-order valence-electron chi connectivity index (χ1n) is 14.5. The Morgan fingerprint density at radius 1 is 1.00 bits per heavy atom. The van der Waals surface area contributed by atoms with Crippen molar-refractivity contribution in [2.75, 3.05) is 24.6 Å². The maximum absolute atomic E-state index is 12.3. The molecule has 1 aromatic rings. The smallest absolute Gasteiger partial charge is 0.155 e. The van der Waals surface area contributed by atoms with Crippen molar-refractivity contribution in [3.63, 3.8) is 0 Å². The number of piperidine rings is 1. The summed E-state index contributed by atoms with van der Waals surface area (Å²) in [4.78, 5) is 14.8. The van der Waals surface area contributed by atoms with E-state index >= 15 is 0 Å². The van der Waals surface area contributed by atoms with E-state index in [-0.39, 0.29) is 12.1 Å². The number of aliphatic hydroxyl groups is 1. The second-order valence-corrected chi connectivity index (χ2v) is 12.0. The Hall–Kier alpha value is -1.95. The summed E-state index contributed by atoms with van der Waals surface area (Å²) in [6, 6.07) is 9.38. The van der Waals surface area contributed by atoms with E-state index in [1.54, 1.807) is 11.1 Å². The molecule has 0 radical (unpaired) electrons. The average molecular weight is 491 g/mol. The van der Waals surface area contributed by atoms with Crippen molar-refractivity contribution in [3.05, 3.63) is 52.6 Å². The molecule has 1 aliphatic heterocycles. The van der Waals surface area contributed by atoms with Crippen LogP contribution in [0.25, 0.3) is 0 Å². The predicted octanol–water partition coefficient (Wildman–Crippen LogP) is 5.68. The van der Waals surface area contributed by atoms with Crippen LogP contribution >= 0.6 is 0 Å². The number of carbonyl (C=O) groups excluding carboxylic acids is 1. The number of nitrogens with zero attached hydrogens (tertiary/aromatic N) is 1. The van der Waals surface area contributed by atoms with E-state index in [9.17, 15) is 15.1 Å². The van der Waals surface area contributed by atoms with Gasteiger partial charge in [0.15, 0.2) is 5.78 Å². The number of rotatable bonds is 6. The minimum absolute atomic E-state index is 0.167. The molecule has 4 aliphatic carbocycles. The topological polar surface area (TPSA) is 72.8 Å². The van der Waals surface area contributed by atoms with E-state index in [1.165, 1.54) is 36.1 Å². The highest BCUT2D eigenvalue weighted by atomic mass is 16.5. The monoisotopic (exact) mass is 490 g/mol. The molecule has 1 saturated heterocycles. The summed E-state index contributed by atoms with van der Waals surface area (Å²) in [6.07, 6.45) is 14.2. The Bertz CT molecular complexity index is 1040. The molecule has 1 saturated carbocycles. The molecule has 5 heteroatoms. The first kappa shape index (κ1) is 24.4. The maximum Gasteiger partial charge on any atom is 0.155 e. The number of aliphatic hydroxyl groups excluding tert-OH is 1. The van der Waals surface area contributed by atoms with Gasteiger partial charge in [0, 0.05) is 49.2 Å². The summed E-state index contributed by atoms with van der Waals surface area (Å²) < 4.78 is 0. The normalized spacial score (nSPS) is 34.2. The van der Waals surface area contributed by atoms with Crippen molar-refractivity contribution in [2.24, 2.45) is 17.8 Å². The quantitative estimate of drug-likeness (QED) is 0.354. The van der Waals surface area contributed by atoms with Gasteiger partial charge in [-0.3, -0.25) is 4.79 Å². The zero-order chi connectivity index (χ0) is 24.7. The molecule has 0 amide bonds. The number of benzene rings is 1. The Morgan fingerprint density at radius 2 is 1.81 bits per heavy atom. The summed E-state index contributed by atoms with van der Waals surface area (Å²) in [5.74, 6) is 1.92. The van der Waals surface area contributed by atoms with Gasteiger partial charge in [-0.15, -0.1) is 0 Å². The molecule has 36 heavy (non-hydrogen) atoms. The highest BCUT2D eigenvalue weighted by molar-refractivity contribution is 5.91. The Balaban J connectivity index is 1.39. The fraction of sp³-hybridized carbons (Fsp3) is 0.645. The Kier molecular flexibility index (Phi) is 6.83. The van der Waals surface area contributed by atoms with Gasteiger partial charge in [-0.1, -0.05) is 28.9 Å². The Labute approximate surface area is 215 Å². The molecule has 0 spiro atoms. The van der Waals surface area contributed by atoms with Gasteiger partial charge >= 0.3 is 0 Å². The van der Waals surface area contributed by atoms with Gasteiger partial charge < -0.3 is 15.2 Å². The van der Waals surface area contributed by atoms with Crippen LogP contribution < -0.4 is 10.4 Å². The van der Waals surface area contributed by atoms with E-state index < -0.39 is 0 Å². The SMILES string of the molecule is O=C1C=C2CCC3=C(C2CC1)[C@@H](c1ccc(N2CCCCC2)cc1)CC1C3CC[C@]1(CCCO)NO. The van der Waals surface area contributed by atoms with E-state index in [4.69, 9.17) is 0 Å². The van der Waals surface area contributed by atoms with E-state index in [2.05, 4.69) is 34.6 Å². The van der Waals surface area contributed by atoms with E-state index in [0.717, 1.165) is 64.5 Å². The zero-order valence-corrected chi connectivity index (χ0v) is 21.6. The second kappa shape index (κ2) is 10.1. The standard InChI is InChI=1S/C31H42N2O3/c34-18-4-14-31(32-36)15-13-26-27-11-7-22-19-24(35)10-12-25(22)30(27)28(20-29(26)31)21-5-8-23(9-6-21)33-16-2-1-3-17-33/h5-6,8-9,19,25-26,28-29,32,34,36H,1-4,7,10-18,20H2/t25?,26?,28-,29?,31+/m1/s1. The van der Waals surface area contributed by atoms with Crippen LogP contribution in [0.5, 0.6) is 0 Å². The van der Waals surface area contributed by atoms with Crippen LogP contribution in [0, 0.1) is 17.8 Å².